The van der Waals surface area contributed by atoms with Crippen molar-refractivity contribution in [2.24, 2.45) is 17.8 Å². The van der Waals surface area contributed by atoms with Crippen LogP contribution in [0.5, 0.6) is 0 Å². The molecule has 0 fully saturated rings. The van der Waals surface area contributed by atoms with Gasteiger partial charge in [0.25, 0.3) is 0 Å². The van der Waals surface area contributed by atoms with Gasteiger partial charge in [0.15, 0.2) is 12.2 Å². The van der Waals surface area contributed by atoms with Crippen LogP contribution in [0.4, 0.5) is 0 Å². The maximum Gasteiger partial charge on any atom is 0.472 e. The maximum absolute atomic E-state index is 13.0. The average Bonchev–Trinajstić information content (AvgIpc) is 3.55. The van der Waals surface area contributed by atoms with Crippen LogP contribution in [-0.2, 0) is 65.4 Å². The fourth-order valence-electron chi connectivity index (χ4n) is 9.98. The molecule has 0 bridgehead atoms. The first kappa shape index (κ1) is 84.1. The van der Waals surface area contributed by atoms with Crippen LogP contribution in [-0.4, -0.2) is 96.7 Å². The van der Waals surface area contributed by atoms with Crippen molar-refractivity contribution in [3.05, 3.63) is 0 Å². The van der Waals surface area contributed by atoms with E-state index in [1.54, 1.807) is 0 Å². The number of rotatable bonds is 65. The molecule has 0 spiro atoms. The molecule has 0 aliphatic carbocycles. The highest BCUT2D eigenvalue weighted by molar-refractivity contribution is 7.47. The normalized spacial score (nSPS) is 14.6. The predicted molar refractivity (Wildman–Crippen MR) is 344 cm³/mol. The van der Waals surface area contributed by atoms with Crippen molar-refractivity contribution in [2.45, 2.75) is 349 Å². The van der Waals surface area contributed by atoms with Crippen LogP contribution < -0.4 is 0 Å². The Morgan fingerprint density at radius 3 is 0.884 bits per heavy atom. The zero-order valence-electron chi connectivity index (χ0n) is 55.8. The van der Waals surface area contributed by atoms with E-state index < -0.39 is 97.5 Å². The minimum Gasteiger partial charge on any atom is -0.462 e. The van der Waals surface area contributed by atoms with E-state index >= 15 is 0 Å². The summed E-state index contributed by atoms with van der Waals surface area (Å²) in [5, 5.41) is 10.6. The number of hydrogen-bond donors (Lipinski definition) is 3. The second-order valence-electron chi connectivity index (χ2n) is 25.4. The first-order chi connectivity index (χ1) is 41.3. The molecule has 86 heavy (non-hydrogen) atoms. The van der Waals surface area contributed by atoms with Crippen LogP contribution in [0, 0.1) is 17.8 Å². The minimum atomic E-state index is -4.95. The Bertz CT molecular complexity index is 1700. The third-order valence-corrected chi connectivity index (χ3v) is 17.6. The van der Waals surface area contributed by atoms with Gasteiger partial charge < -0.3 is 33.8 Å². The number of phosphoric acid groups is 2. The van der Waals surface area contributed by atoms with Gasteiger partial charge in [0.05, 0.1) is 26.4 Å². The summed E-state index contributed by atoms with van der Waals surface area (Å²) in [5.74, 6) is 0.0675. The number of esters is 4. The third kappa shape index (κ3) is 59.7. The van der Waals surface area contributed by atoms with Crippen molar-refractivity contribution in [3.8, 4) is 0 Å². The average molecular weight is 1270 g/mol. The van der Waals surface area contributed by atoms with Crippen molar-refractivity contribution in [1.82, 2.24) is 0 Å². The van der Waals surface area contributed by atoms with E-state index in [0.717, 1.165) is 108 Å². The highest BCUT2D eigenvalue weighted by atomic mass is 31.2. The molecule has 6 atom stereocenters. The van der Waals surface area contributed by atoms with Crippen LogP contribution in [0.25, 0.3) is 0 Å². The van der Waals surface area contributed by atoms with Crippen LogP contribution in [0.15, 0.2) is 0 Å². The molecule has 0 heterocycles. The van der Waals surface area contributed by atoms with E-state index in [4.69, 9.17) is 37.0 Å². The lowest BCUT2D eigenvalue weighted by molar-refractivity contribution is -0.161. The monoisotopic (exact) mass is 1270 g/mol. The fourth-order valence-corrected chi connectivity index (χ4v) is 11.6. The molecule has 0 saturated heterocycles. The highest BCUT2D eigenvalue weighted by Crippen LogP contribution is 2.45. The lowest BCUT2D eigenvalue weighted by atomic mass is 9.99. The fraction of sp³-hybridized carbons (Fsp3) is 0.940. The van der Waals surface area contributed by atoms with Crippen molar-refractivity contribution in [3.63, 3.8) is 0 Å². The lowest BCUT2D eigenvalue weighted by Gasteiger charge is -2.21. The summed E-state index contributed by atoms with van der Waals surface area (Å²) in [7, 11) is -9.89. The molecule has 19 heteroatoms. The summed E-state index contributed by atoms with van der Waals surface area (Å²) >= 11 is 0. The van der Waals surface area contributed by atoms with E-state index in [1.165, 1.54) is 135 Å². The molecule has 3 unspecified atom stereocenters. The SMILES string of the molecule is CCCCCCCCCCCCCCC(=O)OC[C@H](COP(=O)(O)OC[C@@H](O)COP(=O)(O)OC[C@@H](COC(=O)CCCCCCCCC(C)C)OC(=O)CCCCCCCCCCC(C)C)OC(=O)CCCCCCCCCCCCC(C)CC. The molecule has 0 amide bonds. The van der Waals surface area contributed by atoms with Gasteiger partial charge in [-0.15, -0.1) is 0 Å². The minimum absolute atomic E-state index is 0.103. The number of aliphatic hydroxyl groups is 1. The molecule has 0 saturated carbocycles. The first-order valence-corrected chi connectivity index (χ1v) is 37.9. The van der Waals surface area contributed by atoms with Gasteiger partial charge in [0.2, 0.25) is 0 Å². The van der Waals surface area contributed by atoms with Crippen molar-refractivity contribution in [1.29, 1.82) is 0 Å². The first-order valence-electron chi connectivity index (χ1n) is 34.9. The number of aliphatic hydroxyl groups excluding tert-OH is 1. The summed E-state index contributed by atoms with van der Waals surface area (Å²) in [4.78, 5) is 72.4. The Kier molecular flexibility index (Phi) is 56.9. The second kappa shape index (κ2) is 58.2. The van der Waals surface area contributed by atoms with Crippen LogP contribution in [0.3, 0.4) is 0 Å². The predicted octanol–water partition coefficient (Wildman–Crippen LogP) is 18.7. The Morgan fingerprint density at radius 2 is 0.593 bits per heavy atom. The Balaban J connectivity index is 5.25. The largest absolute Gasteiger partial charge is 0.472 e. The van der Waals surface area contributed by atoms with Crippen molar-refractivity contribution in [2.75, 3.05) is 39.6 Å². The zero-order chi connectivity index (χ0) is 63.8. The Morgan fingerprint density at radius 1 is 0.337 bits per heavy atom. The van der Waals surface area contributed by atoms with Gasteiger partial charge in [-0.2, -0.15) is 0 Å². The van der Waals surface area contributed by atoms with Gasteiger partial charge in [0.1, 0.15) is 19.3 Å². The number of carbonyl (C=O) groups excluding carboxylic acids is 4. The number of phosphoric ester groups is 2. The standard InChI is InChI=1S/C67H130O17P2/c1-8-10-11-12-13-14-15-16-20-26-34-41-48-64(69)77-54-62(83-66(71)50-43-36-27-21-18-17-19-25-33-40-47-60(7)9-2)56-81-85(73,74)79-52-61(68)53-80-86(75,76)82-57-63(55-78-65(70)49-42-35-30-29-32-39-46-59(5)6)84-67(72)51-44-37-28-23-22-24-31-38-45-58(3)4/h58-63,68H,8-57H2,1-7H3,(H,73,74)(H,75,76)/t60?,61-,62-,63-/m1/s1. The van der Waals surface area contributed by atoms with E-state index in [0.29, 0.717) is 31.6 Å². The lowest BCUT2D eigenvalue weighted by Crippen LogP contribution is -2.30. The zero-order valence-corrected chi connectivity index (χ0v) is 57.6. The number of ether oxygens (including phenoxy) is 4. The number of hydrogen-bond acceptors (Lipinski definition) is 15. The van der Waals surface area contributed by atoms with E-state index in [9.17, 15) is 43.2 Å². The molecule has 0 aromatic carbocycles. The molecular weight excluding hydrogens is 1140 g/mol. The van der Waals surface area contributed by atoms with Crippen molar-refractivity contribution < 1.29 is 80.2 Å². The molecule has 0 aromatic heterocycles. The smallest absolute Gasteiger partial charge is 0.462 e. The summed E-state index contributed by atoms with van der Waals surface area (Å²) in [6, 6.07) is 0. The molecule has 0 aliphatic rings. The Labute approximate surface area is 524 Å². The van der Waals surface area contributed by atoms with E-state index in [-0.39, 0.29) is 25.7 Å². The summed E-state index contributed by atoms with van der Waals surface area (Å²) in [6.45, 7) is 11.7. The van der Waals surface area contributed by atoms with Crippen LogP contribution >= 0.6 is 15.6 Å². The molecule has 510 valence electrons. The molecule has 0 rings (SSSR count). The van der Waals surface area contributed by atoms with Gasteiger partial charge in [-0.05, 0) is 43.4 Å². The third-order valence-electron chi connectivity index (χ3n) is 15.7. The van der Waals surface area contributed by atoms with E-state index in [1.807, 2.05) is 0 Å². The molecule has 3 N–H and O–H groups in total. The highest BCUT2D eigenvalue weighted by Gasteiger charge is 2.30. The van der Waals surface area contributed by atoms with Crippen molar-refractivity contribution >= 4 is 39.5 Å². The number of carbonyl (C=O) groups is 4. The molecule has 0 radical (unpaired) electrons. The maximum atomic E-state index is 13.0. The molecule has 0 aromatic rings. The van der Waals surface area contributed by atoms with Gasteiger partial charge in [-0.3, -0.25) is 37.3 Å². The van der Waals surface area contributed by atoms with Gasteiger partial charge >= 0.3 is 39.5 Å². The Hall–Kier alpha value is -1.94. The van der Waals surface area contributed by atoms with E-state index in [2.05, 4.69) is 48.5 Å². The quantitative estimate of drug-likeness (QED) is 0.0222. The topological polar surface area (TPSA) is 237 Å². The summed E-state index contributed by atoms with van der Waals surface area (Å²) in [5.41, 5.74) is 0. The van der Waals surface area contributed by atoms with Crippen LogP contribution in [0.1, 0.15) is 331 Å². The molecule has 17 nitrogen and oxygen atoms in total. The number of unbranched alkanes of at least 4 members (excludes halogenated alkanes) is 32. The summed E-state index contributed by atoms with van der Waals surface area (Å²) < 4.78 is 68.1. The van der Waals surface area contributed by atoms with Crippen LogP contribution in [0.2, 0.25) is 0 Å². The summed E-state index contributed by atoms with van der Waals surface area (Å²) in [6.07, 6.45) is 40.4. The van der Waals surface area contributed by atoms with Gasteiger partial charge in [0, 0.05) is 25.7 Å². The molecular formula is C67H130O17P2. The van der Waals surface area contributed by atoms with Gasteiger partial charge in [-0.25, -0.2) is 9.13 Å². The second-order valence-corrected chi connectivity index (χ2v) is 28.3. The van der Waals surface area contributed by atoms with Gasteiger partial charge in [-0.1, -0.05) is 280 Å². The molecule has 0 aliphatic heterocycles.